The standard InChI is InChI=1S/C15H21N3O2/c1-16-15(19)13-10-20-8-7-18(13)9-12-4-2-3-11-5-6-17-14(11)12/h2-4,13,17H,5-10H2,1H3,(H,16,19). The predicted molar refractivity (Wildman–Crippen MR) is 77.7 cm³/mol. The second-order valence-corrected chi connectivity index (χ2v) is 5.30. The molecule has 0 saturated carbocycles. The molecule has 5 heteroatoms. The maximum absolute atomic E-state index is 12.0. The maximum atomic E-state index is 12.0. The average Bonchev–Trinajstić information content (AvgIpc) is 2.96. The Bertz CT molecular complexity index is 504. The fourth-order valence-electron chi connectivity index (χ4n) is 3.00. The molecule has 2 aliphatic rings. The van der Waals surface area contributed by atoms with E-state index in [0.717, 1.165) is 26.1 Å². The number of carbonyl (C=O) groups excluding carboxylic acids is 1. The zero-order chi connectivity index (χ0) is 13.9. The lowest BCUT2D eigenvalue weighted by molar-refractivity contribution is -0.132. The Balaban J connectivity index is 1.79. The third-order valence-electron chi connectivity index (χ3n) is 4.09. The van der Waals surface area contributed by atoms with E-state index in [-0.39, 0.29) is 11.9 Å². The molecule has 1 aromatic rings. The van der Waals surface area contributed by atoms with Gasteiger partial charge in [0.2, 0.25) is 5.91 Å². The van der Waals surface area contributed by atoms with Gasteiger partial charge in [-0.15, -0.1) is 0 Å². The van der Waals surface area contributed by atoms with Crippen LogP contribution < -0.4 is 10.6 Å². The normalized spacial score (nSPS) is 22.1. The first-order valence-corrected chi connectivity index (χ1v) is 7.17. The second kappa shape index (κ2) is 5.81. The van der Waals surface area contributed by atoms with Crippen LogP contribution in [-0.4, -0.2) is 50.2 Å². The van der Waals surface area contributed by atoms with Crippen LogP contribution in [-0.2, 0) is 22.5 Å². The first-order valence-electron chi connectivity index (χ1n) is 7.17. The van der Waals surface area contributed by atoms with E-state index in [9.17, 15) is 4.79 Å². The number of amides is 1. The first-order chi connectivity index (χ1) is 9.79. The summed E-state index contributed by atoms with van der Waals surface area (Å²) in [6.45, 7) is 3.76. The highest BCUT2D eigenvalue weighted by molar-refractivity contribution is 5.81. The van der Waals surface area contributed by atoms with Crippen LogP contribution in [0.15, 0.2) is 18.2 Å². The predicted octanol–water partition coefficient (Wildman–Crippen LogP) is 0.601. The third-order valence-corrected chi connectivity index (χ3v) is 4.09. The number of nitrogens with zero attached hydrogens (tertiary/aromatic N) is 1. The van der Waals surface area contributed by atoms with E-state index in [4.69, 9.17) is 4.74 Å². The van der Waals surface area contributed by atoms with Gasteiger partial charge in [-0.05, 0) is 17.5 Å². The number of rotatable bonds is 3. The van der Waals surface area contributed by atoms with Crippen LogP contribution in [0, 0.1) is 0 Å². The summed E-state index contributed by atoms with van der Waals surface area (Å²) in [6, 6.07) is 6.24. The largest absolute Gasteiger partial charge is 0.384 e. The molecule has 1 fully saturated rings. The molecular formula is C15H21N3O2. The lowest BCUT2D eigenvalue weighted by Crippen LogP contribution is -2.52. The van der Waals surface area contributed by atoms with E-state index in [0.29, 0.717) is 13.2 Å². The van der Waals surface area contributed by atoms with Crippen molar-refractivity contribution in [1.29, 1.82) is 0 Å². The minimum absolute atomic E-state index is 0.0326. The second-order valence-electron chi connectivity index (χ2n) is 5.30. The summed E-state index contributed by atoms with van der Waals surface area (Å²) in [5.41, 5.74) is 3.91. The van der Waals surface area contributed by atoms with Gasteiger partial charge in [-0.25, -0.2) is 0 Å². The minimum atomic E-state index is -0.189. The van der Waals surface area contributed by atoms with E-state index in [1.807, 2.05) is 0 Å². The Morgan fingerprint density at radius 1 is 1.55 bits per heavy atom. The molecule has 0 aromatic heterocycles. The number of morpholine rings is 1. The molecule has 0 bridgehead atoms. The Morgan fingerprint density at radius 2 is 2.45 bits per heavy atom. The molecule has 0 radical (unpaired) electrons. The van der Waals surface area contributed by atoms with Crippen molar-refractivity contribution in [1.82, 2.24) is 10.2 Å². The van der Waals surface area contributed by atoms with E-state index < -0.39 is 0 Å². The molecular weight excluding hydrogens is 254 g/mol. The molecule has 1 aromatic carbocycles. The number of carbonyl (C=O) groups is 1. The van der Waals surface area contributed by atoms with Crippen molar-refractivity contribution >= 4 is 11.6 Å². The number of likely N-dealkylation sites (N-methyl/N-ethyl adjacent to an activating group) is 1. The van der Waals surface area contributed by atoms with Gasteiger partial charge in [0.05, 0.1) is 13.2 Å². The van der Waals surface area contributed by atoms with Gasteiger partial charge >= 0.3 is 0 Å². The van der Waals surface area contributed by atoms with Gasteiger partial charge in [-0.1, -0.05) is 18.2 Å². The molecule has 108 valence electrons. The number of ether oxygens (including phenoxy) is 1. The summed E-state index contributed by atoms with van der Waals surface area (Å²) >= 11 is 0. The molecule has 0 aliphatic carbocycles. The zero-order valence-corrected chi connectivity index (χ0v) is 11.8. The maximum Gasteiger partial charge on any atom is 0.239 e. The van der Waals surface area contributed by atoms with Crippen molar-refractivity contribution in [3.8, 4) is 0 Å². The van der Waals surface area contributed by atoms with Crippen LogP contribution >= 0.6 is 0 Å². The number of hydrogen-bond donors (Lipinski definition) is 2. The summed E-state index contributed by atoms with van der Waals surface area (Å²) in [6.07, 6.45) is 1.09. The number of nitrogens with one attached hydrogen (secondary N) is 2. The van der Waals surface area contributed by atoms with Gasteiger partial charge in [0.25, 0.3) is 0 Å². The molecule has 2 heterocycles. The van der Waals surface area contributed by atoms with Gasteiger partial charge in [0.15, 0.2) is 0 Å². The Kier molecular flexibility index (Phi) is 3.89. The fraction of sp³-hybridized carbons (Fsp3) is 0.533. The topological polar surface area (TPSA) is 53.6 Å². The van der Waals surface area contributed by atoms with Crippen LogP contribution in [0.4, 0.5) is 5.69 Å². The van der Waals surface area contributed by atoms with E-state index in [2.05, 4.69) is 33.7 Å². The number of benzene rings is 1. The van der Waals surface area contributed by atoms with E-state index in [1.165, 1.54) is 16.8 Å². The minimum Gasteiger partial charge on any atom is -0.384 e. The molecule has 1 amide bonds. The fourth-order valence-corrected chi connectivity index (χ4v) is 3.00. The Morgan fingerprint density at radius 3 is 3.30 bits per heavy atom. The van der Waals surface area contributed by atoms with Crippen molar-refractivity contribution < 1.29 is 9.53 Å². The quantitative estimate of drug-likeness (QED) is 0.848. The molecule has 1 unspecified atom stereocenters. The van der Waals surface area contributed by atoms with E-state index >= 15 is 0 Å². The van der Waals surface area contributed by atoms with E-state index in [1.54, 1.807) is 7.05 Å². The molecule has 20 heavy (non-hydrogen) atoms. The summed E-state index contributed by atoms with van der Waals surface area (Å²) in [5.74, 6) is 0.0326. The monoisotopic (exact) mass is 275 g/mol. The van der Waals surface area contributed by atoms with Crippen LogP contribution in [0.2, 0.25) is 0 Å². The molecule has 1 atom stereocenters. The van der Waals surface area contributed by atoms with Crippen molar-refractivity contribution in [3.05, 3.63) is 29.3 Å². The smallest absolute Gasteiger partial charge is 0.239 e. The van der Waals surface area contributed by atoms with Crippen LogP contribution in [0.3, 0.4) is 0 Å². The Labute approximate surface area is 119 Å². The summed E-state index contributed by atoms with van der Waals surface area (Å²) in [5, 5.41) is 6.18. The molecule has 3 rings (SSSR count). The van der Waals surface area contributed by atoms with Gasteiger partial charge < -0.3 is 15.4 Å². The molecule has 2 aliphatic heterocycles. The van der Waals surface area contributed by atoms with Crippen molar-refractivity contribution in [2.45, 2.75) is 19.0 Å². The lowest BCUT2D eigenvalue weighted by Gasteiger charge is -2.34. The Hall–Kier alpha value is -1.59. The summed E-state index contributed by atoms with van der Waals surface area (Å²) in [7, 11) is 1.68. The van der Waals surface area contributed by atoms with Gasteiger partial charge in [0.1, 0.15) is 6.04 Å². The number of para-hydroxylation sites is 1. The highest BCUT2D eigenvalue weighted by Gasteiger charge is 2.29. The number of anilines is 1. The third kappa shape index (κ3) is 2.51. The zero-order valence-electron chi connectivity index (χ0n) is 11.8. The van der Waals surface area contributed by atoms with Crippen LogP contribution in [0.5, 0.6) is 0 Å². The highest BCUT2D eigenvalue weighted by Crippen LogP contribution is 2.28. The van der Waals surface area contributed by atoms with Crippen molar-refractivity contribution in [2.75, 3.05) is 38.7 Å². The molecule has 1 saturated heterocycles. The first kappa shape index (κ1) is 13.4. The molecule has 5 nitrogen and oxygen atoms in total. The van der Waals surface area contributed by atoms with Crippen molar-refractivity contribution in [3.63, 3.8) is 0 Å². The van der Waals surface area contributed by atoms with Gasteiger partial charge in [-0.2, -0.15) is 0 Å². The van der Waals surface area contributed by atoms with Crippen molar-refractivity contribution in [2.24, 2.45) is 0 Å². The van der Waals surface area contributed by atoms with Gasteiger partial charge in [0, 0.05) is 32.4 Å². The van der Waals surface area contributed by atoms with Crippen LogP contribution in [0.1, 0.15) is 11.1 Å². The van der Waals surface area contributed by atoms with Gasteiger partial charge in [-0.3, -0.25) is 9.69 Å². The summed E-state index contributed by atoms with van der Waals surface area (Å²) in [4.78, 5) is 14.2. The average molecular weight is 275 g/mol. The SMILES string of the molecule is CNC(=O)C1COCCN1Cc1cccc2c1NCC2. The summed E-state index contributed by atoms with van der Waals surface area (Å²) < 4.78 is 5.45. The number of fused-ring (bicyclic) bond motifs is 1. The number of hydrogen-bond acceptors (Lipinski definition) is 4. The highest BCUT2D eigenvalue weighted by atomic mass is 16.5. The molecule has 0 spiro atoms. The van der Waals surface area contributed by atoms with Crippen LogP contribution in [0.25, 0.3) is 0 Å². The lowest BCUT2D eigenvalue weighted by atomic mass is 10.1. The molecule has 2 N–H and O–H groups in total.